The number of fused-ring (bicyclic) bond motifs is 1. The smallest absolute Gasteiger partial charge is 0.326 e. The fourth-order valence-corrected chi connectivity index (χ4v) is 4.43. The fraction of sp³-hybridized carbons (Fsp3) is 0.391. The van der Waals surface area contributed by atoms with Crippen LogP contribution in [-0.2, 0) is 15.8 Å². The SMILES string of the molecule is CCCN1CC(C(=O)Nc2ccc(C(F)(F)F)cc2)C2NN(c3ccccc3)C(=O)C2C1. The van der Waals surface area contributed by atoms with Gasteiger partial charge in [0, 0.05) is 18.8 Å². The van der Waals surface area contributed by atoms with Crippen LogP contribution >= 0.6 is 0 Å². The molecule has 2 aliphatic heterocycles. The van der Waals surface area contributed by atoms with Gasteiger partial charge in [-0.25, -0.2) is 10.4 Å². The minimum Gasteiger partial charge on any atom is -0.326 e. The number of nitrogens with one attached hydrogen (secondary N) is 2. The summed E-state index contributed by atoms with van der Waals surface area (Å²) in [6, 6.07) is 13.2. The van der Waals surface area contributed by atoms with Crippen LogP contribution in [0.15, 0.2) is 54.6 Å². The number of para-hydroxylation sites is 1. The van der Waals surface area contributed by atoms with Crippen LogP contribution < -0.4 is 15.8 Å². The molecule has 2 aromatic rings. The highest BCUT2D eigenvalue weighted by Gasteiger charge is 2.50. The van der Waals surface area contributed by atoms with Gasteiger partial charge in [0.25, 0.3) is 0 Å². The Hall–Kier alpha value is -2.91. The van der Waals surface area contributed by atoms with E-state index in [1.165, 1.54) is 17.1 Å². The van der Waals surface area contributed by atoms with Crippen molar-refractivity contribution in [2.45, 2.75) is 25.6 Å². The zero-order valence-corrected chi connectivity index (χ0v) is 17.6. The highest BCUT2D eigenvalue weighted by Crippen LogP contribution is 2.33. The van der Waals surface area contributed by atoms with E-state index in [2.05, 4.69) is 15.6 Å². The molecule has 3 atom stereocenters. The number of benzene rings is 2. The molecule has 6 nitrogen and oxygen atoms in total. The first kappa shape index (κ1) is 22.3. The molecule has 2 fully saturated rings. The third-order valence-electron chi connectivity index (χ3n) is 5.96. The summed E-state index contributed by atoms with van der Waals surface area (Å²) in [7, 11) is 0. The molecule has 0 aromatic heterocycles. The van der Waals surface area contributed by atoms with Crippen LogP contribution in [0, 0.1) is 11.8 Å². The predicted molar refractivity (Wildman–Crippen MR) is 115 cm³/mol. The van der Waals surface area contributed by atoms with Crippen LogP contribution in [0.3, 0.4) is 0 Å². The number of hydrazine groups is 1. The van der Waals surface area contributed by atoms with Gasteiger partial charge in [-0.15, -0.1) is 0 Å². The third-order valence-corrected chi connectivity index (χ3v) is 5.96. The highest BCUT2D eigenvalue weighted by molar-refractivity contribution is 6.00. The first-order valence-corrected chi connectivity index (χ1v) is 10.6. The maximum atomic E-state index is 13.2. The van der Waals surface area contributed by atoms with Crippen molar-refractivity contribution in [1.29, 1.82) is 0 Å². The number of nitrogens with zero attached hydrogens (tertiary/aromatic N) is 2. The van der Waals surface area contributed by atoms with E-state index in [0.29, 0.717) is 18.8 Å². The summed E-state index contributed by atoms with van der Waals surface area (Å²) in [6.07, 6.45) is -3.55. The van der Waals surface area contributed by atoms with E-state index in [1.54, 1.807) is 0 Å². The Morgan fingerprint density at radius 1 is 1.09 bits per heavy atom. The van der Waals surface area contributed by atoms with Gasteiger partial charge >= 0.3 is 6.18 Å². The molecule has 2 heterocycles. The molecule has 32 heavy (non-hydrogen) atoms. The van der Waals surface area contributed by atoms with E-state index in [-0.39, 0.29) is 23.4 Å². The highest BCUT2D eigenvalue weighted by atomic mass is 19.4. The molecule has 3 unspecified atom stereocenters. The van der Waals surface area contributed by atoms with Crippen LogP contribution in [0.2, 0.25) is 0 Å². The lowest BCUT2D eigenvalue weighted by molar-refractivity contribution is -0.137. The van der Waals surface area contributed by atoms with Crippen molar-refractivity contribution in [3.8, 4) is 0 Å². The average Bonchev–Trinajstić information content (AvgIpc) is 3.10. The number of halogens is 3. The zero-order valence-electron chi connectivity index (χ0n) is 17.6. The molecule has 0 spiro atoms. The van der Waals surface area contributed by atoms with Crippen LogP contribution in [0.1, 0.15) is 18.9 Å². The van der Waals surface area contributed by atoms with Gasteiger partial charge in [-0.3, -0.25) is 9.59 Å². The molecule has 2 aliphatic rings. The predicted octanol–water partition coefficient (Wildman–Crippen LogP) is 3.52. The molecule has 0 bridgehead atoms. The van der Waals surface area contributed by atoms with Crippen molar-refractivity contribution < 1.29 is 22.8 Å². The molecule has 2 aromatic carbocycles. The van der Waals surface area contributed by atoms with Gasteiger partial charge in [-0.05, 0) is 49.4 Å². The van der Waals surface area contributed by atoms with Crippen LogP contribution in [0.25, 0.3) is 0 Å². The van der Waals surface area contributed by atoms with Gasteiger partial charge in [0.15, 0.2) is 0 Å². The Kier molecular flexibility index (Phi) is 6.21. The van der Waals surface area contributed by atoms with Gasteiger partial charge in [0.2, 0.25) is 11.8 Å². The Balaban J connectivity index is 1.54. The maximum absolute atomic E-state index is 13.2. The van der Waals surface area contributed by atoms with E-state index in [4.69, 9.17) is 0 Å². The summed E-state index contributed by atoms with van der Waals surface area (Å²) in [5.41, 5.74) is 3.43. The number of carbonyl (C=O) groups is 2. The van der Waals surface area contributed by atoms with Gasteiger partial charge in [-0.2, -0.15) is 13.2 Å². The van der Waals surface area contributed by atoms with E-state index >= 15 is 0 Å². The number of alkyl halides is 3. The Morgan fingerprint density at radius 3 is 2.41 bits per heavy atom. The first-order chi connectivity index (χ1) is 15.3. The zero-order chi connectivity index (χ0) is 22.9. The largest absolute Gasteiger partial charge is 0.416 e. The molecule has 0 saturated carbocycles. The lowest BCUT2D eigenvalue weighted by atomic mass is 9.84. The maximum Gasteiger partial charge on any atom is 0.416 e. The monoisotopic (exact) mass is 446 g/mol. The van der Waals surface area contributed by atoms with E-state index in [9.17, 15) is 22.8 Å². The van der Waals surface area contributed by atoms with Crippen LogP contribution in [0.4, 0.5) is 24.5 Å². The molecule has 9 heteroatoms. The van der Waals surface area contributed by atoms with Crippen molar-refractivity contribution in [2.75, 3.05) is 30.0 Å². The third kappa shape index (κ3) is 4.49. The van der Waals surface area contributed by atoms with Gasteiger partial charge in [0.1, 0.15) is 0 Å². The first-order valence-electron chi connectivity index (χ1n) is 10.6. The number of piperidine rings is 1. The molecule has 2 amide bonds. The molecule has 0 radical (unpaired) electrons. The van der Waals surface area contributed by atoms with Crippen molar-refractivity contribution in [2.24, 2.45) is 11.8 Å². The van der Waals surface area contributed by atoms with E-state index in [0.717, 1.165) is 25.1 Å². The number of hydrogen-bond donors (Lipinski definition) is 2. The quantitative estimate of drug-likeness (QED) is 0.738. The number of anilines is 2. The number of carbonyl (C=O) groups excluding carboxylic acids is 2. The number of amides is 2. The number of hydrogen-bond acceptors (Lipinski definition) is 4. The number of likely N-dealkylation sites (tertiary alicyclic amines) is 1. The second-order valence-corrected chi connectivity index (χ2v) is 8.20. The molecule has 170 valence electrons. The lowest BCUT2D eigenvalue weighted by Crippen LogP contribution is -2.56. The molecule has 4 rings (SSSR count). The molecular weight excluding hydrogens is 421 g/mol. The van der Waals surface area contributed by atoms with Crippen LogP contribution in [-0.4, -0.2) is 42.4 Å². The van der Waals surface area contributed by atoms with E-state index < -0.39 is 23.7 Å². The summed E-state index contributed by atoms with van der Waals surface area (Å²) >= 11 is 0. The lowest BCUT2D eigenvalue weighted by Gasteiger charge is -2.38. The summed E-state index contributed by atoms with van der Waals surface area (Å²) in [5.74, 6) is -1.34. The van der Waals surface area contributed by atoms with Crippen molar-refractivity contribution >= 4 is 23.2 Å². The van der Waals surface area contributed by atoms with Crippen molar-refractivity contribution in [3.05, 3.63) is 60.2 Å². The Bertz CT molecular complexity index is 965. The van der Waals surface area contributed by atoms with Crippen molar-refractivity contribution in [1.82, 2.24) is 10.3 Å². The topological polar surface area (TPSA) is 64.7 Å². The minimum absolute atomic E-state index is 0.0886. The second-order valence-electron chi connectivity index (χ2n) is 8.20. The normalized spacial score (nSPS) is 23.8. The van der Waals surface area contributed by atoms with E-state index in [1.807, 2.05) is 37.3 Å². The molecular formula is C23H25F3N4O2. The summed E-state index contributed by atoms with van der Waals surface area (Å²) in [6.45, 7) is 3.81. The minimum atomic E-state index is -4.44. The Morgan fingerprint density at radius 2 is 1.78 bits per heavy atom. The van der Waals surface area contributed by atoms with Gasteiger partial charge in [-0.1, -0.05) is 25.1 Å². The molecule has 2 saturated heterocycles. The Labute approximate surface area is 184 Å². The summed E-state index contributed by atoms with van der Waals surface area (Å²) in [5, 5.41) is 4.24. The molecule has 2 N–H and O–H groups in total. The fourth-order valence-electron chi connectivity index (χ4n) is 4.43. The summed E-state index contributed by atoms with van der Waals surface area (Å²) in [4.78, 5) is 28.4. The number of rotatable bonds is 5. The van der Waals surface area contributed by atoms with Gasteiger partial charge in [0.05, 0.1) is 29.1 Å². The van der Waals surface area contributed by atoms with Crippen LogP contribution in [0.5, 0.6) is 0 Å². The average molecular weight is 446 g/mol. The van der Waals surface area contributed by atoms with Gasteiger partial charge < -0.3 is 10.2 Å². The summed E-state index contributed by atoms with van der Waals surface area (Å²) < 4.78 is 38.4. The molecule has 0 aliphatic carbocycles. The second kappa shape index (κ2) is 8.91. The van der Waals surface area contributed by atoms with Crippen molar-refractivity contribution in [3.63, 3.8) is 0 Å². The standard InChI is InChI=1S/C23H25F3N4O2/c1-2-12-29-13-18(21(31)27-16-10-8-15(9-11-16)23(24,25)26)20-19(14-29)22(32)30(28-20)17-6-4-3-5-7-17/h3-11,18-20,28H,2,12-14H2,1H3,(H,27,31).